The van der Waals surface area contributed by atoms with E-state index in [0.717, 1.165) is 11.1 Å². The number of carbonyl (C=O) groups is 1. The number of benzene rings is 3. The molecule has 33 heavy (non-hydrogen) atoms. The van der Waals surface area contributed by atoms with Gasteiger partial charge in [0.15, 0.2) is 12.4 Å². The highest BCUT2D eigenvalue weighted by atomic mass is 16.6. The number of ether oxygens (including phenoxy) is 2. The monoisotopic (exact) mass is 441 g/mol. The Hall–Kier alpha value is -4.26. The van der Waals surface area contributed by atoms with E-state index in [1.807, 2.05) is 42.5 Å². The summed E-state index contributed by atoms with van der Waals surface area (Å²) in [6, 6.07) is 23.7. The van der Waals surface area contributed by atoms with Crippen molar-refractivity contribution in [3.05, 3.63) is 94.8 Å². The van der Waals surface area contributed by atoms with Crippen LogP contribution in [0.25, 0.3) is 22.3 Å². The SMILES string of the molecule is CC(C)OC(=O)COc1ccc(C=Nn2c(-c3ccccc3)nc3ccccc3c2=O)cc1. The first kappa shape index (κ1) is 22.0. The Morgan fingerprint density at radius 3 is 2.42 bits per heavy atom. The second-order valence-electron chi connectivity index (χ2n) is 7.58. The third kappa shape index (κ3) is 5.33. The van der Waals surface area contributed by atoms with Gasteiger partial charge in [-0.1, -0.05) is 42.5 Å². The van der Waals surface area contributed by atoms with E-state index in [1.54, 1.807) is 56.5 Å². The number of fused-ring (bicyclic) bond motifs is 1. The van der Waals surface area contributed by atoms with Crippen molar-refractivity contribution in [2.45, 2.75) is 20.0 Å². The zero-order valence-corrected chi connectivity index (χ0v) is 18.3. The van der Waals surface area contributed by atoms with Crippen molar-refractivity contribution < 1.29 is 14.3 Å². The molecular formula is C26H23N3O4. The molecule has 4 rings (SSSR count). The molecule has 0 aliphatic carbocycles. The standard InChI is InChI=1S/C26H23N3O4/c1-18(2)33-24(30)17-32-21-14-12-19(13-15-21)16-27-29-25(20-8-4-3-5-9-20)28-23-11-7-6-10-22(23)26(29)31/h3-16,18H,17H2,1-2H3. The highest BCUT2D eigenvalue weighted by Gasteiger charge is 2.12. The van der Waals surface area contributed by atoms with Crippen LogP contribution < -0.4 is 10.3 Å². The normalized spacial score (nSPS) is 11.2. The molecule has 0 saturated carbocycles. The van der Waals surface area contributed by atoms with E-state index in [4.69, 9.17) is 9.47 Å². The van der Waals surface area contributed by atoms with Crippen LogP contribution in [-0.2, 0) is 9.53 Å². The van der Waals surface area contributed by atoms with Crippen LogP contribution in [0.3, 0.4) is 0 Å². The van der Waals surface area contributed by atoms with Gasteiger partial charge in [-0.15, -0.1) is 0 Å². The first-order valence-corrected chi connectivity index (χ1v) is 10.5. The molecule has 3 aromatic carbocycles. The molecule has 0 unspecified atom stereocenters. The van der Waals surface area contributed by atoms with Gasteiger partial charge in [-0.05, 0) is 55.8 Å². The van der Waals surface area contributed by atoms with Crippen LogP contribution >= 0.6 is 0 Å². The summed E-state index contributed by atoms with van der Waals surface area (Å²) in [4.78, 5) is 29.5. The maximum absolute atomic E-state index is 13.2. The number of para-hydroxylation sites is 1. The third-order valence-corrected chi connectivity index (χ3v) is 4.71. The van der Waals surface area contributed by atoms with E-state index in [9.17, 15) is 9.59 Å². The van der Waals surface area contributed by atoms with Crippen LogP contribution in [0.2, 0.25) is 0 Å². The molecule has 1 aromatic heterocycles. The fourth-order valence-corrected chi connectivity index (χ4v) is 3.22. The van der Waals surface area contributed by atoms with Crippen molar-refractivity contribution >= 4 is 23.1 Å². The third-order valence-electron chi connectivity index (χ3n) is 4.71. The molecule has 166 valence electrons. The lowest BCUT2D eigenvalue weighted by molar-refractivity contribution is -0.149. The van der Waals surface area contributed by atoms with Gasteiger partial charge < -0.3 is 9.47 Å². The van der Waals surface area contributed by atoms with E-state index in [0.29, 0.717) is 22.5 Å². The zero-order valence-electron chi connectivity index (χ0n) is 18.3. The molecule has 0 radical (unpaired) electrons. The summed E-state index contributed by atoms with van der Waals surface area (Å²) in [5, 5.41) is 4.93. The number of aromatic nitrogens is 2. The molecule has 0 aliphatic heterocycles. The molecule has 7 nitrogen and oxygen atoms in total. The fourth-order valence-electron chi connectivity index (χ4n) is 3.22. The lowest BCUT2D eigenvalue weighted by Gasteiger charge is -2.10. The van der Waals surface area contributed by atoms with Crippen LogP contribution in [0.5, 0.6) is 5.75 Å². The van der Waals surface area contributed by atoms with E-state index in [2.05, 4.69) is 10.1 Å². The van der Waals surface area contributed by atoms with E-state index in [1.165, 1.54) is 4.68 Å². The van der Waals surface area contributed by atoms with Gasteiger partial charge in [-0.3, -0.25) is 4.79 Å². The quantitative estimate of drug-likeness (QED) is 0.316. The van der Waals surface area contributed by atoms with Crippen LogP contribution in [0.4, 0.5) is 0 Å². The molecule has 0 bridgehead atoms. The molecule has 0 amide bonds. The van der Waals surface area contributed by atoms with Crippen molar-refractivity contribution in [2.24, 2.45) is 5.10 Å². The van der Waals surface area contributed by atoms with Gasteiger partial charge in [0.1, 0.15) is 5.75 Å². The number of esters is 1. The van der Waals surface area contributed by atoms with Crippen LogP contribution in [0.15, 0.2) is 88.8 Å². The average molecular weight is 441 g/mol. The topological polar surface area (TPSA) is 82.8 Å². The summed E-state index contributed by atoms with van der Waals surface area (Å²) in [5.74, 6) is 0.564. The summed E-state index contributed by atoms with van der Waals surface area (Å²) >= 11 is 0. The lowest BCUT2D eigenvalue weighted by atomic mass is 10.2. The average Bonchev–Trinajstić information content (AvgIpc) is 2.83. The van der Waals surface area contributed by atoms with Crippen molar-refractivity contribution in [3.8, 4) is 17.1 Å². The van der Waals surface area contributed by atoms with Gasteiger partial charge >= 0.3 is 5.97 Å². The molecule has 0 fully saturated rings. The van der Waals surface area contributed by atoms with Crippen LogP contribution in [0.1, 0.15) is 19.4 Å². The molecular weight excluding hydrogens is 418 g/mol. The van der Waals surface area contributed by atoms with Crippen molar-refractivity contribution in [1.29, 1.82) is 0 Å². The first-order chi connectivity index (χ1) is 16.0. The van der Waals surface area contributed by atoms with Gasteiger partial charge in [0, 0.05) is 5.56 Å². The van der Waals surface area contributed by atoms with Gasteiger partial charge in [-0.25, -0.2) is 9.78 Å². The summed E-state index contributed by atoms with van der Waals surface area (Å²) < 4.78 is 11.8. The summed E-state index contributed by atoms with van der Waals surface area (Å²) in [7, 11) is 0. The molecule has 0 aliphatic rings. The van der Waals surface area contributed by atoms with Crippen LogP contribution in [-0.4, -0.2) is 34.6 Å². The Morgan fingerprint density at radius 1 is 1.00 bits per heavy atom. The molecule has 0 atom stereocenters. The van der Waals surface area contributed by atoms with Crippen LogP contribution in [0, 0.1) is 0 Å². The minimum atomic E-state index is -0.424. The zero-order chi connectivity index (χ0) is 23.2. The Balaban J connectivity index is 1.61. The molecule has 0 saturated heterocycles. The maximum atomic E-state index is 13.2. The first-order valence-electron chi connectivity index (χ1n) is 10.5. The smallest absolute Gasteiger partial charge is 0.344 e. The summed E-state index contributed by atoms with van der Waals surface area (Å²) in [6.07, 6.45) is 1.40. The van der Waals surface area contributed by atoms with Crippen molar-refractivity contribution in [1.82, 2.24) is 9.66 Å². The predicted molar refractivity (Wildman–Crippen MR) is 128 cm³/mol. The molecule has 1 heterocycles. The molecule has 0 N–H and O–H groups in total. The van der Waals surface area contributed by atoms with Gasteiger partial charge in [0.05, 0.1) is 23.2 Å². The minimum absolute atomic E-state index is 0.162. The van der Waals surface area contributed by atoms with Crippen molar-refractivity contribution in [3.63, 3.8) is 0 Å². The number of nitrogens with zero attached hydrogens (tertiary/aromatic N) is 3. The highest BCUT2D eigenvalue weighted by Crippen LogP contribution is 2.19. The second-order valence-corrected chi connectivity index (χ2v) is 7.58. The maximum Gasteiger partial charge on any atom is 0.344 e. The molecule has 7 heteroatoms. The molecule has 0 spiro atoms. The predicted octanol–water partition coefficient (Wildman–Crippen LogP) is 4.28. The molecule has 4 aromatic rings. The number of hydrogen-bond acceptors (Lipinski definition) is 6. The summed E-state index contributed by atoms with van der Waals surface area (Å²) in [6.45, 7) is 3.40. The minimum Gasteiger partial charge on any atom is -0.482 e. The number of carbonyl (C=O) groups excluding carboxylic acids is 1. The van der Waals surface area contributed by atoms with E-state index < -0.39 is 5.97 Å². The Morgan fingerprint density at radius 2 is 1.70 bits per heavy atom. The van der Waals surface area contributed by atoms with Gasteiger partial charge in [-0.2, -0.15) is 9.78 Å². The number of rotatable bonds is 7. The Bertz CT molecular complexity index is 1340. The summed E-state index contributed by atoms with van der Waals surface area (Å²) in [5.41, 5.74) is 1.91. The Kier molecular flexibility index (Phi) is 6.59. The fraction of sp³-hybridized carbons (Fsp3) is 0.154. The van der Waals surface area contributed by atoms with E-state index in [-0.39, 0.29) is 18.3 Å². The van der Waals surface area contributed by atoms with Gasteiger partial charge in [0.2, 0.25) is 0 Å². The van der Waals surface area contributed by atoms with Crippen molar-refractivity contribution in [2.75, 3.05) is 6.61 Å². The number of hydrogen-bond donors (Lipinski definition) is 0. The Labute approximate surface area is 190 Å². The van der Waals surface area contributed by atoms with E-state index >= 15 is 0 Å². The lowest BCUT2D eigenvalue weighted by Crippen LogP contribution is -2.20. The van der Waals surface area contributed by atoms with Gasteiger partial charge in [0.25, 0.3) is 5.56 Å². The largest absolute Gasteiger partial charge is 0.482 e. The highest BCUT2D eigenvalue weighted by molar-refractivity contribution is 5.82. The second kappa shape index (κ2) is 9.91.